The van der Waals surface area contributed by atoms with E-state index in [-0.39, 0.29) is 29.6 Å². The lowest BCUT2D eigenvalue weighted by Gasteiger charge is -2.13. The molecule has 0 unspecified atom stereocenters. The number of aromatic nitrogens is 2. The van der Waals surface area contributed by atoms with Crippen molar-refractivity contribution in [3.63, 3.8) is 0 Å². The van der Waals surface area contributed by atoms with Gasteiger partial charge in [0.2, 0.25) is 5.82 Å². The maximum Gasteiger partial charge on any atom is 0.419 e. The Bertz CT molecular complexity index is 889. The predicted molar refractivity (Wildman–Crippen MR) is 89.2 cm³/mol. The number of alkyl halides is 3. The minimum atomic E-state index is -4.55. The molecule has 136 valence electrons. The van der Waals surface area contributed by atoms with Crippen molar-refractivity contribution >= 4 is 0 Å². The number of benzene rings is 2. The van der Waals surface area contributed by atoms with Gasteiger partial charge in [-0.3, -0.25) is 0 Å². The topological polar surface area (TPSA) is 74.2 Å². The van der Waals surface area contributed by atoms with Gasteiger partial charge in [-0.1, -0.05) is 29.4 Å². The van der Waals surface area contributed by atoms with Crippen LogP contribution in [0.15, 0.2) is 47.0 Å². The Balaban J connectivity index is 1.95. The third-order valence-electron chi connectivity index (χ3n) is 3.71. The molecule has 0 radical (unpaired) electrons. The minimum absolute atomic E-state index is 0.00329. The van der Waals surface area contributed by atoms with Crippen LogP contribution in [0.25, 0.3) is 22.8 Å². The Kier molecular flexibility index (Phi) is 4.94. The van der Waals surface area contributed by atoms with Crippen LogP contribution in [0.2, 0.25) is 0 Å². The van der Waals surface area contributed by atoms with E-state index >= 15 is 0 Å². The Morgan fingerprint density at radius 1 is 1.08 bits per heavy atom. The molecule has 0 atom stereocenters. The second kappa shape index (κ2) is 7.17. The normalized spacial score (nSPS) is 11.6. The highest BCUT2D eigenvalue weighted by molar-refractivity contribution is 5.62. The fourth-order valence-electron chi connectivity index (χ4n) is 2.41. The van der Waals surface area contributed by atoms with E-state index in [4.69, 9.17) is 15.0 Å². The van der Waals surface area contributed by atoms with Gasteiger partial charge in [0.15, 0.2) is 0 Å². The molecule has 0 fully saturated rings. The van der Waals surface area contributed by atoms with Crippen LogP contribution in [0.5, 0.6) is 5.75 Å². The molecule has 3 aromatic rings. The molecule has 2 aromatic carbocycles. The quantitative estimate of drug-likeness (QED) is 0.732. The zero-order chi connectivity index (χ0) is 18.7. The Labute approximate surface area is 147 Å². The van der Waals surface area contributed by atoms with Gasteiger partial charge in [-0.2, -0.15) is 18.2 Å². The van der Waals surface area contributed by atoms with E-state index in [2.05, 4.69) is 10.1 Å². The third kappa shape index (κ3) is 3.70. The molecule has 0 amide bonds. The van der Waals surface area contributed by atoms with Gasteiger partial charge in [0.1, 0.15) is 5.75 Å². The lowest BCUT2D eigenvalue weighted by molar-refractivity contribution is -0.138. The molecule has 3 rings (SSSR count). The fourth-order valence-corrected chi connectivity index (χ4v) is 2.41. The molecular formula is C18H16F3N3O2. The van der Waals surface area contributed by atoms with Gasteiger partial charge >= 0.3 is 6.18 Å². The average molecular weight is 363 g/mol. The van der Waals surface area contributed by atoms with E-state index in [0.717, 1.165) is 11.6 Å². The van der Waals surface area contributed by atoms with Crippen LogP contribution in [0.1, 0.15) is 18.1 Å². The maximum atomic E-state index is 13.3. The van der Waals surface area contributed by atoms with Crippen LogP contribution in [-0.4, -0.2) is 16.7 Å². The molecule has 1 heterocycles. The maximum absolute atomic E-state index is 13.3. The summed E-state index contributed by atoms with van der Waals surface area (Å²) in [6, 6.07) is 10.8. The Morgan fingerprint density at radius 2 is 1.77 bits per heavy atom. The van der Waals surface area contributed by atoms with Crippen LogP contribution in [0, 0.1) is 0 Å². The first kappa shape index (κ1) is 17.9. The lowest BCUT2D eigenvalue weighted by atomic mass is 10.1. The van der Waals surface area contributed by atoms with E-state index in [0.29, 0.717) is 12.1 Å². The van der Waals surface area contributed by atoms with E-state index < -0.39 is 11.7 Å². The molecule has 1 aromatic heterocycles. The van der Waals surface area contributed by atoms with Gasteiger partial charge in [0, 0.05) is 17.7 Å². The second-order valence-corrected chi connectivity index (χ2v) is 5.47. The summed E-state index contributed by atoms with van der Waals surface area (Å²) < 4.78 is 49.9. The van der Waals surface area contributed by atoms with Crippen molar-refractivity contribution in [3.05, 3.63) is 53.6 Å². The number of halogens is 3. The fraction of sp³-hybridized carbons (Fsp3) is 0.222. The van der Waals surface area contributed by atoms with Crippen molar-refractivity contribution < 1.29 is 22.4 Å². The number of hydrogen-bond acceptors (Lipinski definition) is 5. The molecule has 0 saturated heterocycles. The smallest absolute Gasteiger partial charge is 0.419 e. The monoisotopic (exact) mass is 363 g/mol. The summed E-state index contributed by atoms with van der Waals surface area (Å²) in [5.41, 5.74) is 6.45. The van der Waals surface area contributed by atoms with E-state index in [1.807, 2.05) is 12.1 Å². The summed E-state index contributed by atoms with van der Waals surface area (Å²) in [5.74, 6) is 0.0447. The number of rotatable bonds is 5. The summed E-state index contributed by atoms with van der Waals surface area (Å²) >= 11 is 0. The molecule has 0 bridgehead atoms. The zero-order valence-electron chi connectivity index (χ0n) is 13.9. The number of ether oxygens (including phenoxy) is 1. The summed E-state index contributed by atoms with van der Waals surface area (Å²) in [6.07, 6.45) is -4.55. The molecule has 0 aliphatic heterocycles. The summed E-state index contributed by atoms with van der Waals surface area (Å²) in [6.45, 7) is 2.16. The van der Waals surface area contributed by atoms with Gasteiger partial charge in [-0.15, -0.1) is 0 Å². The number of nitrogens with zero attached hydrogens (tertiary/aromatic N) is 2. The van der Waals surface area contributed by atoms with E-state index in [9.17, 15) is 13.2 Å². The van der Waals surface area contributed by atoms with Crippen LogP contribution < -0.4 is 10.5 Å². The minimum Gasteiger partial charge on any atom is -0.493 e. The molecule has 0 aliphatic carbocycles. The van der Waals surface area contributed by atoms with Gasteiger partial charge in [0.05, 0.1) is 12.2 Å². The van der Waals surface area contributed by atoms with Crippen LogP contribution in [0.4, 0.5) is 13.2 Å². The molecule has 5 nitrogen and oxygen atoms in total. The highest BCUT2D eigenvalue weighted by atomic mass is 19.4. The second-order valence-electron chi connectivity index (χ2n) is 5.47. The predicted octanol–water partition coefficient (Wildman–Crippen LogP) is 4.28. The van der Waals surface area contributed by atoms with E-state index in [1.54, 1.807) is 19.1 Å². The van der Waals surface area contributed by atoms with Crippen LogP contribution >= 0.6 is 0 Å². The molecule has 0 aliphatic rings. The molecule has 26 heavy (non-hydrogen) atoms. The van der Waals surface area contributed by atoms with Crippen molar-refractivity contribution in [3.8, 4) is 28.6 Å². The van der Waals surface area contributed by atoms with Gasteiger partial charge in [0.25, 0.3) is 5.89 Å². The Morgan fingerprint density at radius 3 is 2.38 bits per heavy atom. The highest BCUT2D eigenvalue weighted by Crippen LogP contribution is 2.38. The average Bonchev–Trinajstić information content (AvgIpc) is 3.11. The van der Waals surface area contributed by atoms with Crippen LogP contribution in [-0.2, 0) is 12.7 Å². The standard InChI is InChI=1S/C18H16F3N3O2/c1-2-25-15-8-7-13(9-14(15)18(19,20)21)17-23-16(24-26-17)12-5-3-11(10-22)4-6-12/h3-9H,2,10,22H2,1H3. The highest BCUT2D eigenvalue weighted by Gasteiger charge is 2.35. The molecule has 0 saturated carbocycles. The van der Waals surface area contributed by atoms with Gasteiger partial charge in [-0.25, -0.2) is 0 Å². The van der Waals surface area contributed by atoms with Gasteiger partial charge in [-0.05, 0) is 30.7 Å². The first-order valence-corrected chi connectivity index (χ1v) is 7.90. The Hall–Kier alpha value is -2.87. The molecule has 8 heteroatoms. The van der Waals surface area contributed by atoms with E-state index in [1.165, 1.54) is 12.1 Å². The van der Waals surface area contributed by atoms with Crippen molar-refractivity contribution in [2.75, 3.05) is 6.61 Å². The van der Waals surface area contributed by atoms with Crippen molar-refractivity contribution in [1.29, 1.82) is 0 Å². The summed E-state index contributed by atoms with van der Waals surface area (Å²) in [7, 11) is 0. The largest absolute Gasteiger partial charge is 0.493 e. The van der Waals surface area contributed by atoms with Crippen LogP contribution in [0.3, 0.4) is 0 Å². The third-order valence-corrected chi connectivity index (χ3v) is 3.71. The van der Waals surface area contributed by atoms with Crippen molar-refractivity contribution in [1.82, 2.24) is 10.1 Å². The number of hydrogen-bond donors (Lipinski definition) is 1. The number of nitrogens with two attached hydrogens (primary N) is 1. The SMILES string of the molecule is CCOc1ccc(-c2nc(-c3ccc(CN)cc3)no2)cc1C(F)(F)F. The zero-order valence-corrected chi connectivity index (χ0v) is 13.9. The molecular weight excluding hydrogens is 347 g/mol. The first-order chi connectivity index (χ1) is 12.4. The summed E-state index contributed by atoms with van der Waals surface area (Å²) in [4.78, 5) is 4.19. The first-order valence-electron chi connectivity index (χ1n) is 7.90. The van der Waals surface area contributed by atoms with Crippen molar-refractivity contribution in [2.24, 2.45) is 5.73 Å². The molecule has 0 spiro atoms. The lowest BCUT2D eigenvalue weighted by Crippen LogP contribution is -2.08. The van der Waals surface area contributed by atoms with Crippen molar-refractivity contribution in [2.45, 2.75) is 19.6 Å². The summed E-state index contributed by atoms with van der Waals surface area (Å²) in [5, 5.41) is 3.84. The van der Waals surface area contributed by atoms with Gasteiger partial charge < -0.3 is 15.0 Å². The molecule has 2 N–H and O–H groups in total.